The third-order valence-electron chi connectivity index (χ3n) is 3.79. The number of imidazole rings is 1. The predicted molar refractivity (Wildman–Crippen MR) is 74.9 cm³/mol. The second kappa shape index (κ2) is 4.90. The van der Waals surface area contributed by atoms with E-state index >= 15 is 0 Å². The van der Waals surface area contributed by atoms with Gasteiger partial charge in [0.2, 0.25) is 0 Å². The Morgan fingerprint density at radius 3 is 2.85 bits per heavy atom. The number of carboxylic acids is 1. The summed E-state index contributed by atoms with van der Waals surface area (Å²) in [5, 5.41) is 18.5. The van der Waals surface area contributed by atoms with Crippen LogP contribution in [0.3, 0.4) is 0 Å². The quantitative estimate of drug-likeness (QED) is 0.876. The van der Waals surface area contributed by atoms with E-state index in [0.29, 0.717) is 18.0 Å². The van der Waals surface area contributed by atoms with Crippen LogP contribution < -0.4 is 0 Å². The van der Waals surface area contributed by atoms with Crippen LogP contribution in [0.15, 0.2) is 18.2 Å². The summed E-state index contributed by atoms with van der Waals surface area (Å²) in [4.78, 5) is 15.9. The van der Waals surface area contributed by atoms with Gasteiger partial charge in [0.1, 0.15) is 11.3 Å². The molecule has 1 saturated carbocycles. The van der Waals surface area contributed by atoms with Crippen molar-refractivity contribution in [1.29, 1.82) is 0 Å². The molecule has 1 aromatic carbocycles. The Hall–Kier alpha value is -1.88. The molecule has 1 aliphatic rings. The number of fused-ring (bicyclic) bond motifs is 1. The van der Waals surface area contributed by atoms with Gasteiger partial charge < -0.3 is 14.8 Å². The van der Waals surface area contributed by atoms with E-state index in [1.54, 1.807) is 12.1 Å². The Balaban J connectivity index is 2.17. The van der Waals surface area contributed by atoms with E-state index in [4.69, 9.17) is 0 Å². The van der Waals surface area contributed by atoms with Crippen LogP contribution in [0.25, 0.3) is 11.0 Å². The number of para-hydroxylation sites is 1. The molecule has 5 nitrogen and oxygen atoms in total. The van der Waals surface area contributed by atoms with Gasteiger partial charge in [0, 0.05) is 19.1 Å². The number of aromatic carboxylic acids is 1. The van der Waals surface area contributed by atoms with Gasteiger partial charge in [0.25, 0.3) is 0 Å². The lowest BCUT2D eigenvalue weighted by Crippen LogP contribution is -2.13. The normalized spacial score (nSPS) is 16.5. The van der Waals surface area contributed by atoms with E-state index < -0.39 is 5.97 Å². The minimum atomic E-state index is -0.946. The first kappa shape index (κ1) is 13.1. The zero-order chi connectivity index (χ0) is 14.3. The topological polar surface area (TPSA) is 75.3 Å². The number of benzene rings is 1. The first-order valence-corrected chi connectivity index (χ1v) is 6.95. The summed E-state index contributed by atoms with van der Waals surface area (Å²) in [5.41, 5.74) is 1.67. The lowest BCUT2D eigenvalue weighted by atomic mass is 10.1. The van der Waals surface area contributed by atoms with Crippen molar-refractivity contribution in [2.75, 3.05) is 6.61 Å². The van der Waals surface area contributed by atoms with Crippen molar-refractivity contribution in [3.63, 3.8) is 0 Å². The number of rotatable bonds is 5. The molecular weight excluding hydrogens is 256 g/mol. The van der Waals surface area contributed by atoms with E-state index in [9.17, 15) is 15.0 Å². The average molecular weight is 274 g/mol. The fourth-order valence-electron chi connectivity index (χ4n) is 2.55. The molecule has 0 spiro atoms. The fraction of sp³-hybridized carbons (Fsp3) is 0.467. The molecule has 5 heteroatoms. The highest BCUT2D eigenvalue weighted by molar-refractivity contribution is 6.01. The number of carbonyl (C=O) groups is 1. The van der Waals surface area contributed by atoms with Crippen molar-refractivity contribution in [2.45, 2.75) is 32.2 Å². The molecule has 0 amide bonds. The van der Waals surface area contributed by atoms with Gasteiger partial charge >= 0.3 is 5.97 Å². The molecule has 1 heterocycles. The van der Waals surface area contributed by atoms with Crippen molar-refractivity contribution in [3.8, 4) is 0 Å². The number of aromatic nitrogens is 2. The van der Waals surface area contributed by atoms with Crippen molar-refractivity contribution >= 4 is 17.0 Å². The van der Waals surface area contributed by atoms with Gasteiger partial charge in [-0.05, 0) is 30.9 Å². The van der Waals surface area contributed by atoms with E-state index in [1.807, 2.05) is 13.0 Å². The molecule has 0 radical (unpaired) electrons. The number of hydrogen-bond acceptors (Lipinski definition) is 3. The summed E-state index contributed by atoms with van der Waals surface area (Å²) in [6, 6.07) is 5.25. The summed E-state index contributed by atoms with van der Waals surface area (Å²) < 4.78 is 2.08. The van der Waals surface area contributed by atoms with Crippen LogP contribution in [0.5, 0.6) is 0 Å². The molecule has 0 aliphatic heterocycles. The summed E-state index contributed by atoms with van der Waals surface area (Å²) in [6.45, 7) is 2.76. The van der Waals surface area contributed by atoms with Gasteiger partial charge in [0.05, 0.1) is 11.1 Å². The second-order valence-corrected chi connectivity index (χ2v) is 5.62. The van der Waals surface area contributed by atoms with Gasteiger partial charge in [-0.25, -0.2) is 9.78 Å². The molecule has 1 unspecified atom stereocenters. The second-order valence-electron chi connectivity index (χ2n) is 5.62. The molecule has 2 N–H and O–H groups in total. The highest BCUT2D eigenvalue weighted by atomic mass is 16.4. The first-order valence-electron chi connectivity index (χ1n) is 6.95. The summed E-state index contributed by atoms with van der Waals surface area (Å²) in [7, 11) is 0. The van der Waals surface area contributed by atoms with Gasteiger partial charge in [-0.1, -0.05) is 13.0 Å². The van der Waals surface area contributed by atoms with Crippen LogP contribution in [-0.2, 0) is 6.54 Å². The van der Waals surface area contributed by atoms with Crippen LogP contribution in [0, 0.1) is 5.92 Å². The van der Waals surface area contributed by atoms with E-state index in [1.165, 1.54) is 0 Å². The first-order chi connectivity index (χ1) is 9.61. The molecule has 1 aliphatic carbocycles. The Morgan fingerprint density at radius 1 is 1.50 bits per heavy atom. The minimum Gasteiger partial charge on any atom is -0.478 e. The van der Waals surface area contributed by atoms with Gasteiger partial charge in [-0.3, -0.25) is 0 Å². The Kier molecular flexibility index (Phi) is 3.22. The Bertz CT molecular complexity index is 658. The van der Waals surface area contributed by atoms with Gasteiger partial charge in [-0.2, -0.15) is 0 Å². The average Bonchev–Trinajstić information content (AvgIpc) is 3.21. The molecule has 20 heavy (non-hydrogen) atoms. The van der Waals surface area contributed by atoms with Crippen LogP contribution >= 0.6 is 0 Å². The van der Waals surface area contributed by atoms with Crippen molar-refractivity contribution in [2.24, 2.45) is 5.92 Å². The standard InChI is InChI=1S/C15H18N2O3/c1-9(8-18)7-17-12-4-2-3-11(15(19)20)13(12)16-14(17)10-5-6-10/h2-4,9-10,18H,5-8H2,1H3,(H,19,20). The van der Waals surface area contributed by atoms with E-state index in [2.05, 4.69) is 9.55 Å². The Labute approximate surface area is 116 Å². The lowest BCUT2D eigenvalue weighted by Gasteiger charge is -2.13. The highest BCUT2D eigenvalue weighted by Crippen LogP contribution is 2.41. The zero-order valence-corrected chi connectivity index (χ0v) is 11.4. The van der Waals surface area contributed by atoms with Crippen molar-refractivity contribution in [3.05, 3.63) is 29.6 Å². The number of hydrogen-bond donors (Lipinski definition) is 2. The van der Waals surface area contributed by atoms with Crippen LogP contribution in [0.4, 0.5) is 0 Å². The molecule has 3 rings (SSSR count). The molecule has 1 atom stereocenters. The fourth-order valence-corrected chi connectivity index (χ4v) is 2.55. The van der Waals surface area contributed by atoms with Crippen molar-refractivity contribution < 1.29 is 15.0 Å². The lowest BCUT2D eigenvalue weighted by molar-refractivity contribution is 0.0699. The zero-order valence-electron chi connectivity index (χ0n) is 11.4. The largest absolute Gasteiger partial charge is 0.478 e. The molecule has 0 bridgehead atoms. The maximum absolute atomic E-state index is 11.3. The SMILES string of the molecule is CC(CO)Cn1c(C2CC2)nc2c(C(=O)O)cccc21. The van der Waals surface area contributed by atoms with E-state index in [0.717, 1.165) is 24.2 Å². The summed E-state index contributed by atoms with van der Waals surface area (Å²) >= 11 is 0. The molecule has 106 valence electrons. The minimum absolute atomic E-state index is 0.113. The maximum atomic E-state index is 11.3. The van der Waals surface area contributed by atoms with Gasteiger partial charge in [-0.15, -0.1) is 0 Å². The van der Waals surface area contributed by atoms with Crippen LogP contribution in [0.2, 0.25) is 0 Å². The van der Waals surface area contributed by atoms with Crippen LogP contribution in [0.1, 0.15) is 41.9 Å². The number of aliphatic hydroxyl groups is 1. The summed E-state index contributed by atoms with van der Waals surface area (Å²) in [5.74, 6) is 0.583. The van der Waals surface area contributed by atoms with E-state index in [-0.39, 0.29) is 18.1 Å². The molecule has 1 fully saturated rings. The van der Waals surface area contributed by atoms with Gasteiger partial charge in [0.15, 0.2) is 0 Å². The number of aliphatic hydroxyl groups excluding tert-OH is 1. The third kappa shape index (κ3) is 2.18. The maximum Gasteiger partial charge on any atom is 0.337 e. The molecular formula is C15H18N2O3. The smallest absolute Gasteiger partial charge is 0.337 e. The number of carboxylic acid groups (broad SMARTS) is 1. The number of nitrogens with zero attached hydrogens (tertiary/aromatic N) is 2. The molecule has 0 saturated heterocycles. The molecule has 2 aromatic rings. The third-order valence-corrected chi connectivity index (χ3v) is 3.79. The van der Waals surface area contributed by atoms with Crippen molar-refractivity contribution in [1.82, 2.24) is 9.55 Å². The molecule has 1 aromatic heterocycles. The monoisotopic (exact) mass is 274 g/mol. The summed E-state index contributed by atoms with van der Waals surface area (Å²) in [6.07, 6.45) is 2.22. The Morgan fingerprint density at radius 2 is 2.25 bits per heavy atom. The highest BCUT2D eigenvalue weighted by Gasteiger charge is 2.30. The predicted octanol–water partition coefficient (Wildman–Crippen LogP) is 2.24. The van der Waals surface area contributed by atoms with Crippen LogP contribution in [-0.4, -0.2) is 32.3 Å².